The molecule has 1 heteroatoms. The molecule has 0 N–H and O–H groups in total. The van der Waals surface area contributed by atoms with Crippen LogP contribution in [-0.2, 0) is 0 Å². The van der Waals surface area contributed by atoms with E-state index in [2.05, 4.69) is 19.9 Å². The van der Waals surface area contributed by atoms with Crippen LogP contribution in [0.25, 0.3) is 0 Å². The summed E-state index contributed by atoms with van der Waals surface area (Å²) in [4.78, 5) is 12.2. The monoisotopic (exact) mass is 202 g/mol. The minimum atomic E-state index is 0.213. The summed E-state index contributed by atoms with van der Waals surface area (Å²) in [6.45, 7) is 6.18. The largest absolute Gasteiger partial charge is 0.294 e. The average Bonchev–Trinajstić information content (AvgIpc) is 3.03. The lowest BCUT2D eigenvalue weighted by Crippen LogP contribution is -2.14. The van der Waals surface area contributed by atoms with Crippen LogP contribution in [0, 0.1) is 25.7 Å². The van der Waals surface area contributed by atoms with Crippen molar-refractivity contribution in [2.75, 3.05) is 0 Å². The Morgan fingerprint density at radius 1 is 1.33 bits per heavy atom. The van der Waals surface area contributed by atoms with Crippen LogP contribution in [0.2, 0.25) is 0 Å². The van der Waals surface area contributed by atoms with E-state index in [0.29, 0.717) is 11.7 Å². The van der Waals surface area contributed by atoms with Crippen molar-refractivity contribution in [1.29, 1.82) is 0 Å². The number of aryl methyl sites for hydroxylation is 1. The lowest BCUT2D eigenvalue weighted by Gasteiger charge is -2.12. The Balaban J connectivity index is 2.28. The average molecular weight is 202 g/mol. The highest BCUT2D eigenvalue weighted by Crippen LogP contribution is 2.38. The minimum absolute atomic E-state index is 0.213. The maximum atomic E-state index is 12.2. The van der Waals surface area contributed by atoms with Gasteiger partial charge in [0.25, 0.3) is 0 Å². The van der Waals surface area contributed by atoms with Crippen molar-refractivity contribution in [1.82, 2.24) is 0 Å². The van der Waals surface area contributed by atoms with Crippen LogP contribution >= 0.6 is 0 Å². The Morgan fingerprint density at radius 2 is 2.00 bits per heavy atom. The highest BCUT2D eigenvalue weighted by atomic mass is 16.1. The fourth-order valence-electron chi connectivity index (χ4n) is 2.07. The van der Waals surface area contributed by atoms with E-state index in [-0.39, 0.29) is 5.92 Å². The molecule has 0 amide bonds. The number of carbonyl (C=O) groups excluding carboxylic acids is 1. The van der Waals surface area contributed by atoms with E-state index >= 15 is 0 Å². The first-order valence-corrected chi connectivity index (χ1v) is 5.71. The van der Waals surface area contributed by atoms with E-state index in [9.17, 15) is 4.79 Å². The molecule has 80 valence electrons. The van der Waals surface area contributed by atoms with Gasteiger partial charge in [0.15, 0.2) is 5.78 Å². The van der Waals surface area contributed by atoms with Gasteiger partial charge in [0.1, 0.15) is 0 Å². The number of rotatable bonds is 3. The molecule has 2 rings (SSSR count). The van der Waals surface area contributed by atoms with Crippen LogP contribution in [0.1, 0.15) is 41.3 Å². The van der Waals surface area contributed by atoms with Crippen LogP contribution in [-0.4, -0.2) is 5.78 Å². The van der Waals surface area contributed by atoms with Gasteiger partial charge in [-0.2, -0.15) is 0 Å². The second kappa shape index (κ2) is 3.80. The number of hydrogen-bond acceptors (Lipinski definition) is 1. The second-order valence-electron chi connectivity index (χ2n) is 4.74. The van der Waals surface area contributed by atoms with Crippen molar-refractivity contribution in [3.8, 4) is 0 Å². The summed E-state index contributed by atoms with van der Waals surface area (Å²) in [5, 5.41) is 0. The van der Waals surface area contributed by atoms with Crippen molar-refractivity contribution in [3.63, 3.8) is 0 Å². The molecule has 1 fully saturated rings. The molecule has 1 nitrogen and oxygen atoms in total. The van der Waals surface area contributed by atoms with Crippen molar-refractivity contribution >= 4 is 5.78 Å². The second-order valence-corrected chi connectivity index (χ2v) is 4.74. The van der Waals surface area contributed by atoms with Crippen LogP contribution < -0.4 is 0 Å². The number of carbonyl (C=O) groups is 1. The predicted molar refractivity (Wildman–Crippen MR) is 62.1 cm³/mol. The summed E-state index contributed by atoms with van der Waals surface area (Å²) in [6, 6.07) is 6.01. The minimum Gasteiger partial charge on any atom is -0.294 e. The molecule has 0 bridgehead atoms. The third-order valence-corrected chi connectivity index (χ3v) is 3.61. The molecule has 0 heterocycles. The lowest BCUT2D eigenvalue weighted by atomic mass is 9.91. The van der Waals surface area contributed by atoms with Crippen molar-refractivity contribution in [3.05, 3.63) is 34.9 Å². The molecule has 15 heavy (non-hydrogen) atoms. The summed E-state index contributed by atoms with van der Waals surface area (Å²) >= 11 is 0. The Morgan fingerprint density at radius 3 is 2.60 bits per heavy atom. The van der Waals surface area contributed by atoms with Crippen LogP contribution in [0.3, 0.4) is 0 Å². The van der Waals surface area contributed by atoms with Gasteiger partial charge in [-0.1, -0.05) is 25.1 Å². The molecule has 0 spiro atoms. The molecular formula is C14H18O. The van der Waals surface area contributed by atoms with Gasteiger partial charge >= 0.3 is 0 Å². The molecule has 1 unspecified atom stereocenters. The van der Waals surface area contributed by atoms with Crippen LogP contribution in [0.15, 0.2) is 18.2 Å². The topological polar surface area (TPSA) is 17.1 Å². The molecule has 1 aliphatic rings. The normalized spacial score (nSPS) is 17.5. The SMILES string of the molecule is Cc1cccc(C(=O)C(C)C2CC2)c1C. The Kier molecular flexibility index (Phi) is 2.64. The zero-order valence-corrected chi connectivity index (χ0v) is 9.71. The quantitative estimate of drug-likeness (QED) is 0.685. The molecule has 0 radical (unpaired) electrons. The third-order valence-electron chi connectivity index (χ3n) is 3.61. The maximum Gasteiger partial charge on any atom is 0.166 e. The first-order valence-electron chi connectivity index (χ1n) is 5.71. The number of ketones is 1. The van der Waals surface area contributed by atoms with Gasteiger partial charge in [-0.25, -0.2) is 0 Å². The van der Waals surface area contributed by atoms with Gasteiger partial charge in [-0.15, -0.1) is 0 Å². The number of hydrogen-bond donors (Lipinski definition) is 0. The standard InChI is InChI=1S/C14H18O/c1-9-5-4-6-13(10(9)2)14(15)11(3)12-7-8-12/h4-6,11-12H,7-8H2,1-3H3. The summed E-state index contributed by atoms with van der Waals surface area (Å²) < 4.78 is 0. The first-order chi connectivity index (χ1) is 7.11. The van der Waals surface area contributed by atoms with E-state index in [4.69, 9.17) is 0 Å². The molecule has 1 aromatic rings. The van der Waals surface area contributed by atoms with Gasteiger partial charge in [0, 0.05) is 11.5 Å². The maximum absolute atomic E-state index is 12.2. The smallest absolute Gasteiger partial charge is 0.166 e. The molecule has 1 saturated carbocycles. The Hall–Kier alpha value is -1.11. The molecule has 0 aliphatic heterocycles. The molecule has 0 saturated heterocycles. The highest BCUT2D eigenvalue weighted by Gasteiger charge is 2.33. The number of benzene rings is 1. The third kappa shape index (κ3) is 1.97. The van der Waals surface area contributed by atoms with E-state index in [1.165, 1.54) is 18.4 Å². The van der Waals surface area contributed by atoms with Gasteiger partial charge in [-0.3, -0.25) is 4.79 Å². The van der Waals surface area contributed by atoms with Crippen molar-refractivity contribution in [2.45, 2.75) is 33.6 Å². The molecule has 1 atom stereocenters. The lowest BCUT2D eigenvalue weighted by molar-refractivity contribution is 0.0915. The first kappa shape index (κ1) is 10.4. The van der Waals surface area contributed by atoms with Crippen LogP contribution in [0.5, 0.6) is 0 Å². The van der Waals surface area contributed by atoms with Crippen molar-refractivity contribution < 1.29 is 4.79 Å². The van der Waals surface area contributed by atoms with E-state index in [1.807, 2.05) is 19.1 Å². The molecule has 1 aliphatic carbocycles. The van der Waals surface area contributed by atoms with Crippen LogP contribution in [0.4, 0.5) is 0 Å². The van der Waals surface area contributed by atoms with Gasteiger partial charge < -0.3 is 0 Å². The van der Waals surface area contributed by atoms with E-state index < -0.39 is 0 Å². The summed E-state index contributed by atoms with van der Waals surface area (Å²) in [5.41, 5.74) is 3.29. The summed E-state index contributed by atoms with van der Waals surface area (Å²) in [7, 11) is 0. The highest BCUT2D eigenvalue weighted by molar-refractivity contribution is 5.99. The fraction of sp³-hybridized carbons (Fsp3) is 0.500. The summed E-state index contributed by atoms with van der Waals surface area (Å²) in [6.07, 6.45) is 2.47. The fourth-order valence-corrected chi connectivity index (χ4v) is 2.07. The van der Waals surface area contributed by atoms with Crippen molar-refractivity contribution in [2.24, 2.45) is 11.8 Å². The number of Topliss-reactive ketones (excluding diaryl/α,β-unsaturated/α-hetero) is 1. The van der Waals surface area contributed by atoms with E-state index in [1.54, 1.807) is 0 Å². The zero-order valence-electron chi connectivity index (χ0n) is 9.71. The van der Waals surface area contributed by atoms with Gasteiger partial charge in [-0.05, 0) is 43.7 Å². The molecular weight excluding hydrogens is 184 g/mol. The van der Waals surface area contributed by atoms with Gasteiger partial charge in [0.05, 0.1) is 0 Å². The Bertz CT molecular complexity index is 388. The Labute approximate surface area is 91.5 Å². The zero-order chi connectivity index (χ0) is 11.0. The van der Waals surface area contributed by atoms with Gasteiger partial charge in [0.2, 0.25) is 0 Å². The van der Waals surface area contributed by atoms with E-state index in [0.717, 1.165) is 11.1 Å². The predicted octanol–water partition coefficient (Wildman–Crippen LogP) is 3.53. The molecule has 0 aromatic heterocycles. The summed E-state index contributed by atoms with van der Waals surface area (Å²) in [5.74, 6) is 1.20. The molecule has 1 aromatic carbocycles.